The molecule has 0 radical (unpaired) electrons. The molecule has 0 aliphatic rings. The molecule has 0 spiro atoms. The highest BCUT2D eigenvalue weighted by atomic mass is 32.1. The fourth-order valence-electron chi connectivity index (χ4n) is 0.370. The van der Waals surface area contributed by atoms with Crippen molar-refractivity contribution in [3.63, 3.8) is 0 Å². The molecule has 0 rings (SSSR count). The van der Waals surface area contributed by atoms with E-state index in [1.54, 1.807) is 0 Å². The summed E-state index contributed by atoms with van der Waals surface area (Å²) in [5.74, 6) is 0.413. The fourth-order valence-corrected chi connectivity index (χ4v) is 1.11. The van der Waals surface area contributed by atoms with Gasteiger partial charge in [-0.25, -0.2) is 0 Å². The van der Waals surface area contributed by atoms with E-state index in [1.807, 2.05) is 0 Å². The number of thiocarbonyl (C=S) groups is 1. The lowest BCUT2D eigenvalue weighted by molar-refractivity contribution is 0.339. The van der Waals surface area contributed by atoms with Crippen molar-refractivity contribution < 1.29 is 0 Å². The van der Waals surface area contributed by atoms with Crippen molar-refractivity contribution >= 4 is 29.0 Å². The van der Waals surface area contributed by atoms with Crippen molar-refractivity contribution in [1.29, 1.82) is 0 Å². The Bertz CT molecular complexity index is 111. The van der Waals surface area contributed by atoms with Crippen LogP contribution in [0.15, 0.2) is 0 Å². The van der Waals surface area contributed by atoms with E-state index >= 15 is 0 Å². The number of thiol groups is 1. The van der Waals surface area contributed by atoms with Crippen molar-refractivity contribution in [3.8, 4) is 0 Å². The Balaban J connectivity index is 4.04. The first-order chi connectivity index (χ1) is 3.85. The first kappa shape index (κ1) is 9.44. The van der Waals surface area contributed by atoms with E-state index in [0.29, 0.717) is 5.92 Å². The minimum Gasteiger partial charge on any atom is -0.136 e. The molecule has 0 nitrogen and oxygen atoms in total. The van der Waals surface area contributed by atoms with Gasteiger partial charge < -0.3 is 0 Å². The normalized spacial score (nSPS) is 15.2. The molecule has 2 heteroatoms. The second-order valence-electron chi connectivity index (χ2n) is 3.43. The summed E-state index contributed by atoms with van der Waals surface area (Å²) in [7, 11) is 0. The van der Waals surface area contributed by atoms with Crippen molar-refractivity contribution in [1.82, 2.24) is 0 Å². The molecule has 9 heavy (non-hydrogen) atoms. The number of hydrogen-bond acceptors (Lipinski definition) is 1. The predicted molar refractivity (Wildman–Crippen MR) is 50.2 cm³/mol. The van der Waals surface area contributed by atoms with Gasteiger partial charge in [-0.15, -0.1) is 12.6 Å². The average Bonchev–Trinajstić information content (AvgIpc) is 1.62. The Labute approximate surface area is 68.4 Å². The zero-order valence-corrected chi connectivity index (χ0v) is 8.14. The molecule has 0 N–H and O–H groups in total. The van der Waals surface area contributed by atoms with Crippen LogP contribution in [0.25, 0.3) is 0 Å². The standard InChI is InChI=1S/C7H14S2/c1-5(6(8)9)7(2,3)4/h5H,1-4H3,(H,8,9). The van der Waals surface area contributed by atoms with Gasteiger partial charge in [-0.1, -0.05) is 39.9 Å². The lowest BCUT2D eigenvalue weighted by Gasteiger charge is -2.25. The largest absolute Gasteiger partial charge is 0.136 e. The van der Waals surface area contributed by atoms with E-state index in [9.17, 15) is 0 Å². The van der Waals surface area contributed by atoms with Crippen LogP contribution in [0, 0.1) is 11.3 Å². The van der Waals surface area contributed by atoms with Crippen LogP contribution in [0.5, 0.6) is 0 Å². The number of hydrogen-bond donors (Lipinski definition) is 1. The summed E-state index contributed by atoms with van der Waals surface area (Å²) < 4.78 is 0.808. The topological polar surface area (TPSA) is 0 Å². The Kier molecular flexibility index (Phi) is 3.17. The minimum absolute atomic E-state index is 0.263. The summed E-state index contributed by atoms with van der Waals surface area (Å²) in [5.41, 5.74) is 0.263. The van der Waals surface area contributed by atoms with Crippen LogP contribution < -0.4 is 0 Å². The SMILES string of the molecule is CC(C(=S)S)C(C)(C)C. The van der Waals surface area contributed by atoms with Crippen LogP contribution >= 0.6 is 24.8 Å². The Morgan fingerprint density at radius 3 is 1.78 bits per heavy atom. The third kappa shape index (κ3) is 3.21. The van der Waals surface area contributed by atoms with Gasteiger partial charge in [0.2, 0.25) is 0 Å². The third-order valence-electron chi connectivity index (χ3n) is 1.67. The van der Waals surface area contributed by atoms with E-state index in [1.165, 1.54) is 0 Å². The molecule has 0 aliphatic carbocycles. The maximum absolute atomic E-state index is 4.93. The third-order valence-corrected chi connectivity index (χ3v) is 2.41. The molecule has 0 aromatic rings. The van der Waals surface area contributed by atoms with Gasteiger partial charge in [0.25, 0.3) is 0 Å². The summed E-state index contributed by atoms with van der Waals surface area (Å²) in [6.45, 7) is 8.61. The summed E-state index contributed by atoms with van der Waals surface area (Å²) in [6, 6.07) is 0. The quantitative estimate of drug-likeness (QED) is 0.457. The molecule has 0 aromatic carbocycles. The second-order valence-corrected chi connectivity index (χ2v) is 4.65. The maximum atomic E-state index is 4.93. The van der Waals surface area contributed by atoms with Crippen LogP contribution in [0.3, 0.4) is 0 Å². The molecule has 54 valence electrons. The van der Waals surface area contributed by atoms with Crippen LogP contribution in [0.1, 0.15) is 27.7 Å². The molecule has 1 atom stereocenters. The highest BCUT2D eigenvalue weighted by Gasteiger charge is 2.21. The lowest BCUT2D eigenvalue weighted by atomic mass is 9.83. The molecular weight excluding hydrogens is 148 g/mol. The van der Waals surface area contributed by atoms with E-state index in [4.69, 9.17) is 12.2 Å². The molecule has 1 unspecified atom stereocenters. The van der Waals surface area contributed by atoms with Crippen LogP contribution in [0.4, 0.5) is 0 Å². The van der Waals surface area contributed by atoms with Crippen LogP contribution in [-0.4, -0.2) is 4.20 Å². The van der Waals surface area contributed by atoms with Gasteiger partial charge >= 0.3 is 0 Å². The summed E-state index contributed by atoms with van der Waals surface area (Å²) in [4.78, 5) is 0. The minimum atomic E-state index is 0.263. The van der Waals surface area contributed by atoms with Crippen LogP contribution in [-0.2, 0) is 0 Å². The van der Waals surface area contributed by atoms with Crippen molar-refractivity contribution in [2.75, 3.05) is 0 Å². The van der Waals surface area contributed by atoms with Gasteiger partial charge in [0, 0.05) is 10.1 Å². The van der Waals surface area contributed by atoms with E-state index in [0.717, 1.165) is 4.20 Å². The van der Waals surface area contributed by atoms with E-state index in [-0.39, 0.29) is 5.41 Å². The van der Waals surface area contributed by atoms with Crippen molar-refractivity contribution in [3.05, 3.63) is 0 Å². The zero-order valence-electron chi connectivity index (χ0n) is 6.43. The highest BCUT2D eigenvalue weighted by molar-refractivity contribution is 8.11. The molecule has 0 heterocycles. The van der Waals surface area contributed by atoms with Gasteiger partial charge in [-0.2, -0.15) is 0 Å². The van der Waals surface area contributed by atoms with Gasteiger partial charge in [0.05, 0.1) is 0 Å². The first-order valence-corrected chi connectivity index (χ1v) is 3.94. The molecule has 0 amide bonds. The molecule has 0 fully saturated rings. The Morgan fingerprint density at radius 1 is 1.44 bits per heavy atom. The fraction of sp³-hybridized carbons (Fsp3) is 0.857. The summed E-state index contributed by atoms with van der Waals surface area (Å²) >= 11 is 9.05. The van der Waals surface area contributed by atoms with E-state index < -0.39 is 0 Å². The zero-order chi connectivity index (χ0) is 7.65. The van der Waals surface area contributed by atoms with Gasteiger partial charge in [0.1, 0.15) is 0 Å². The smallest absolute Gasteiger partial charge is 0.0481 e. The molecule has 0 aliphatic heterocycles. The highest BCUT2D eigenvalue weighted by Crippen LogP contribution is 2.27. The summed E-state index contributed by atoms with van der Waals surface area (Å²) in [5, 5.41) is 0. The predicted octanol–water partition coefficient (Wildman–Crippen LogP) is 2.93. The van der Waals surface area contributed by atoms with Gasteiger partial charge in [-0.05, 0) is 5.41 Å². The first-order valence-electron chi connectivity index (χ1n) is 3.08. The Hall–Kier alpha value is 0.440. The number of rotatable bonds is 1. The molecule has 0 saturated heterocycles. The summed E-state index contributed by atoms with van der Waals surface area (Å²) in [6.07, 6.45) is 0. The van der Waals surface area contributed by atoms with Gasteiger partial charge in [-0.3, -0.25) is 0 Å². The lowest BCUT2D eigenvalue weighted by Crippen LogP contribution is -2.21. The van der Waals surface area contributed by atoms with Crippen molar-refractivity contribution in [2.45, 2.75) is 27.7 Å². The average molecular weight is 162 g/mol. The monoisotopic (exact) mass is 162 g/mol. The van der Waals surface area contributed by atoms with E-state index in [2.05, 4.69) is 40.3 Å². The molecule has 0 aromatic heterocycles. The van der Waals surface area contributed by atoms with Crippen molar-refractivity contribution in [2.24, 2.45) is 11.3 Å². The molecule has 0 saturated carbocycles. The molecular formula is C7H14S2. The van der Waals surface area contributed by atoms with Crippen LogP contribution in [0.2, 0.25) is 0 Å². The van der Waals surface area contributed by atoms with Gasteiger partial charge in [0.15, 0.2) is 0 Å². The maximum Gasteiger partial charge on any atom is 0.0481 e. The second kappa shape index (κ2) is 3.02. The Morgan fingerprint density at radius 2 is 1.78 bits per heavy atom. The molecule has 0 bridgehead atoms.